The summed E-state index contributed by atoms with van der Waals surface area (Å²) in [6.07, 6.45) is 1.51. The van der Waals surface area contributed by atoms with E-state index in [0.29, 0.717) is 16.7 Å². The Morgan fingerprint density at radius 2 is 1.88 bits per heavy atom. The van der Waals surface area contributed by atoms with Gasteiger partial charge in [-0.2, -0.15) is 0 Å². The lowest BCUT2D eigenvalue weighted by Crippen LogP contribution is -2.06. The van der Waals surface area contributed by atoms with Crippen molar-refractivity contribution in [1.82, 2.24) is 0 Å². The van der Waals surface area contributed by atoms with Gasteiger partial charge in [0.1, 0.15) is 0 Å². The number of rotatable bonds is 3. The van der Waals surface area contributed by atoms with Gasteiger partial charge in [0.05, 0.1) is 12.7 Å². The molecule has 0 unspecified atom stereocenters. The summed E-state index contributed by atoms with van der Waals surface area (Å²) in [6.45, 7) is 0. The van der Waals surface area contributed by atoms with Crippen molar-refractivity contribution in [2.45, 2.75) is 0 Å². The van der Waals surface area contributed by atoms with Gasteiger partial charge in [-0.3, -0.25) is 0 Å². The first kappa shape index (κ1) is 16.1. The van der Waals surface area contributed by atoms with Gasteiger partial charge in [0.2, 0.25) is 5.90 Å². The summed E-state index contributed by atoms with van der Waals surface area (Å²) in [5.74, 6) is -0.812. The van der Waals surface area contributed by atoms with Crippen molar-refractivity contribution in [3.05, 3.63) is 75.4 Å². The molecule has 1 aliphatic heterocycles. The minimum absolute atomic E-state index is 0.129. The van der Waals surface area contributed by atoms with Gasteiger partial charge in [-0.1, -0.05) is 34.1 Å². The molecule has 0 radical (unpaired) electrons. The zero-order valence-electron chi connectivity index (χ0n) is 12.7. The maximum Gasteiger partial charge on any atom is 0.363 e. The summed E-state index contributed by atoms with van der Waals surface area (Å²) in [5, 5.41) is 0. The van der Waals surface area contributed by atoms with Gasteiger partial charge in [-0.25, -0.2) is 14.6 Å². The molecule has 3 rings (SSSR count). The molecule has 6 heteroatoms. The van der Waals surface area contributed by atoms with Crippen LogP contribution < -0.4 is 0 Å². The third-order valence-electron chi connectivity index (χ3n) is 3.37. The second-order valence-electron chi connectivity index (χ2n) is 4.92. The molecule has 0 spiro atoms. The molecule has 0 aromatic heterocycles. The maximum absolute atomic E-state index is 12.0. The number of ether oxygens (including phenoxy) is 2. The fourth-order valence-corrected chi connectivity index (χ4v) is 2.46. The molecule has 5 nitrogen and oxygen atoms in total. The smallest absolute Gasteiger partial charge is 0.363 e. The minimum Gasteiger partial charge on any atom is -0.465 e. The fourth-order valence-electron chi connectivity index (χ4n) is 2.19. The Morgan fingerprint density at radius 1 is 1.17 bits per heavy atom. The van der Waals surface area contributed by atoms with E-state index in [1.165, 1.54) is 13.2 Å². The maximum atomic E-state index is 12.0. The Hall–Kier alpha value is -2.73. The summed E-state index contributed by atoms with van der Waals surface area (Å²) in [6, 6.07) is 14.1. The van der Waals surface area contributed by atoms with Crippen molar-refractivity contribution in [3.63, 3.8) is 0 Å². The molecule has 2 aromatic rings. The van der Waals surface area contributed by atoms with Crippen LogP contribution in [-0.2, 0) is 14.3 Å². The van der Waals surface area contributed by atoms with Crippen LogP contribution in [-0.4, -0.2) is 24.9 Å². The van der Waals surface area contributed by atoms with Crippen LogP contribution in [0.3, 0.4) is 0 Å². The standard InChI is InChI=1S/C18H12BrNO4/c1-23-17(21)14-5-3-2-4-12(14)10-15-18(22)24-16(20-15)11-6-8-13(19)9-7-11/h2-10H,1H3/b15-10-. The number of methoxy groups -OCH3 is 1. The molecule has 0 saturated heterocycles. The van der Waals surface area contributed by atoms with Crippen molar-refractivity contribution in [2.24, 2.45) is 4.99 Å². The highest BCUT2D eigenvalue weighted by Crippen LogP contribution is 2.22. The first-order valence-corrected chi connectivity index (χ1v) is 7.83. The number of aliphatic imine (C=N–C) groups is 1. The van der Waals surface area contributed by atoms with E-state index < -0.39 is 11.9 Å². The number of esters is 2. The average Bonchev–Trinajstić information content (AvgIpc) is 2.96. The molecule has 120 valence electrons. The Kier molecular flexibility index (Phi) is 4.57. The van der Waals surface area contributed by atoms with Crippen LogP contribution in [0.4, 0.5) is 0 Å². The molecule has 0 atom stereocenters. The zero-order valence-corrected chi connectivity index (χ0v) is 14.2. The second kappa shape index (κ2) is 6.80. The van der Waals surface area contributed by atoms with E-state index in [-0.39, 0.29) is 11.6 Å². The van der Waals surface area contributed by atoms with Gasteiger partial charge in [0.15, 0.2) is 5.70 Å². The summed E-state index contributed by atoms with van der Waals surface area (Å²) in [5.41, 5.74) is 1.71. The van der Waals surface area contributed by atoms with Crippen molar-refractivity contribution >= 4 is 39.8 Å². The van der Waals surface area contributed by atoms with Crippen LogP contribution >= 0.6 is 15.9 Å². The molecule has 2 aromatic carbocycles. The van der Waals surface area contributed by atoms with Crippen molar-refractivity contribution in [2.75, 3.05) is 7.11 Å². The predicted molar refractivity (Wildman–Crippen MR) is 92.5 cm³/mol. The number of benzene rings is 2. The SMILES string of the molecule is COC(=O)c1ccccc1/C=C1\N=C(c2ccc(Br)cc2)OC1=O. The summed E-state index contributed by atoms with van der Waals surface area (Å²) >= 11 is 3.35. The van der Waals surface area contributed by atoms with E-state index in [0.717, 1.165) is 4.47 Å². The van der Waals surface area contributed by atoms with Crippen LogP contribution in [0.15, 0.2) is 63.7 Å². The first-order valence-electron chi connectivity index (χ1n) is 7.04. The molecular formula is C18H12BrNO4. The molecule has 1 heterocycles. The van der Waals surface area contributed by atoms with Gasteiger partial charge >= 0.3 is 11.9 Å². The Morgan fingerprint density at radius 3 is 2.58 bits per heavy atom. The van der Waals surface area contributed by atoms with Gasteiger partial charge in [-0.05, 0) is 42.0 Å². The molecule has 24 heavy (non-hydrogen) atoms. The molecule has 0 bridgehead atoms. The molecule has 1 aliphatic rings. The number of cyclic esters (lactones) is 1. The topological polar surface area (TPSA) is 65.0 Å². The number of carbonyl (C=O) groups is 2. The highest BCUT2D eigenvalue weighted by molar-refractivity contribution is 9.10. The molecular weight excluding hydrogens is 374 g/mol. The zero-order chi connectivity index (χ0) is 17.1. The molecule has 0 saturated carbocycles. The van der Waals surface area contributed by atoms with E-state index in [4.69, 9.17) is 9.47 Å². The minimum atomic E-state index is -0.562. The lowest BCUT2D eigenvalue weighted by Gasteiger charge is -2.03. The van der Waals surface area contributed by atoms with Crippen LogP contribution in [0.1, 0.15) is 21.5 Å². The summed E-state index contributed by atoms with van der Waals surface area (Å²) < 4.78 is 10.9. The van der Waals surface area contributed by atoms with Crippen molar-refractivity contribution in [1.29, 1.82) is 0 Å². The van der Waals surface area contributed by atoms with E-state index in [1.54, 1.807) is 36.4 Å². The monoisotopic (exact) mass is 385 g/mol. The summed E-state index contributed by atoms with van der Waals surface area (Å²) in [7, 11) is 1.31. The van der Waals surface area contributed by atoms with Crippen molar-refractivity contribution < 1.29 is 19.1 Å². The van der Waals surface area contributed by atoms with E-state index >= 15 is 0 Å². The van der Waals surface area contributed by atoms with Crippen LogP contribution in [0.2, 0.25) is 0 Å². The third kappa shape index (κ3) is 3.28. The first-order chi connectivity index (χ1) is 11.6. The largest absolute Gasteiger partial charge is 0.465 e. The normalized spacial score (nSPS) is 15.2. The van der Waals surface area contributed by atoms with E-state index in [9.17, 15) is 9.59 Å². The molecule has 0 fully saturated rings. The second-order valence-corrected chi connectivity index (χ2v) is 5.84. The Balaban J connectivity index is 1.98. The average molecular weight is 386 g/mol. The Bertz CT molecular complexity index is 869. The van der Waals surface area contributed by atoms with Crippen LogP contribution in [0.5, 0.6) is 0 Å². The number of hydrogen-bond donors (Lipinski definition) is 0. The highest BCUT2D eigenvalue weighted by Gasteiger charge is 2.24. The highest BCUT2D eigenvalue weighted by atomic mass is 79.9. The van der Waals surface area contributed by atoms with Crippen LogP contribution in [0.25, 0.3) is 6.08 Å². The quantitative estimate of drug-likeness (QED) is 0.598. The number of halogens is 1. The Labute approximate surface area is 146 Å². The lowest BCUT2D eigenvalue weighted by atomic mass is 10.1. The molecule has 0 aliphatic carbocycles. The van der Waals surface area contributed by atoms with Gasteiger partial charge < -0.3 is 9.47 Å². The molecule has 0 N–H and O–H groups in total. The fraction of sp³-hybridized carbons (Fsp3) is 0.0556. The van der Waals surface area contributed by atoms with Crippen LogP contribution in [0, 0.1) is 0 Å². The lowest BCUT2D eigenvalue weighted by molar-refractivity contribution is -0.129. The molecule has 0 amide bonds. The van der Waals surface area contributed by atoms with E-state index in [2.05, 4.69) is 20.9 Å². The number of nitrogens with zero attached hydrogens (tertiary/aromatic N) is 1. The predicted octanol–water partition coefficient (Wildman–Crippen LogP) is 3.58. The number of hydrogen-bond acceptors (Lipinski definition) is 5. The summed E-state index contributed by atoms with van der Waals surface area (Å²) in [4.78, 5) is 28.1. The van der Waals surface area contributed by atoms with Gasteiger partial charge in [0, 0.05) is 10.0 Å². The third-order valence-corrected chi connectivity index (χ3v) is 3.90. The number of carbonyl (C=O) groups excluding carboxylic acids is 2. The van der Waals surface area contributed by atoms with E-state index in [1.807, 2.05) is 12.1 Å². The van der Waals surface area contributed by atoms with Gasteiger partial charge in [-0.15, -0.1) is 0 Å². The van der Waals surface area contributed by atoms with Crippen molar-refractivity contribution in [3.8, 4) is 0 Å². The van der Waals surface area contributed by atoms with Gasteiger partial charge in [0.25, 0.3) is 0 Å².